The fourth-order valence-electron chi connectivity index (χ4n) is 7.64. The summed E-state index contributed by atoms with van der Waals surface area (Å²) in [6, 6.07) is 11.1. The van der Waals surface area contributed by atoms with Crippen molar-refractivity contribution in [3.63, 3.8) is 0 Å². The summed E-state index contributed by atoms with van der Waals surface area (Å²) in [5, 5.41) is 0.848. The molecule has 4 heterocycles. The normalized spacial score (nSPS) is 26.9. The maximum atomic E-state index is 14.7. The fraction of sp³-hybridized carbons (Fsp3) is 0.467. The average molecular weight is 578 g/mol. The molecule has 41 heavy (non-hydrogen) atoms. The Morgan fingerprint density at radius 2 is 1.78 bits per heavy atom. The number of hydrogen-bond donors (Lipinski definition) is 1. The van der Waals surface area contributed by atoms with E-state index in [-0.39, 0.29) is 28.8 Å². The average Bonchev–Trinajstić information content (AvgIpc) is 3.50. The predicted octanol–water partition coefficient (Wildman–Crippen LogP) is 2.46. The number of piperazine rings is 1. The van der Waals surface area contributed by atoms with Gasteiger partial charge in [-0.15, -0.1) is 0 Å². The molecule has 1 saturated carbocycles. The Labute approximate surface area is 239 Å². The molecule has 1 aromatic heterocycles. The predicted molar refractivity (Wildman–Crippen MR) is 154 cm³/mol. The standard InChI is InChI=1S/C30H35N5O5S/c1-32(2)41(38,39)26-12-21(40-4)11-22-23-13-30(23,29(37)35-19-7-8-20(35)15-33(3)14-19)16-34-24-10-18(28(31)36)6-5-17(24)9-25(34)27(22)26/h5-6,9-12,19-20,23H,7-8,13-16H2,1-4H3,(H2,31,36)/t19-,20+,23?,30?. The maximum absolute atomic E-state index is 14.7. The van der Waals surface area contributed by atoms with E-state index in [0.29, 0.717) is 35.5 Å². The number of primary amides is 1. The van der Waals surface area contributed by atoms with Crippen LogP contribution in [0.5, 0.6) is 5.75 Å². The number of likely N-dealkylation sites (tertiary alicyclic amines) is 1. The Morgan fingerprint density at radius 3 is 2.41 bits per heavy atom. The summed E-state index contributed by atoms with van der Waals surface area (Å²) in [6.07, 6.45) is 2.61. The number of nitrogens with zero attached hydrogens (tertiary/aromatic N) is 4. The van der Waals surface area contributed by atoms with Crippen LogP contribution >= 0.6 is 0 Å². The minimum absolute atomic E-state index is 0.144. The first-order chi connectivity index (χ1) is 19.5. The molecule has 7 rings (SSSR count). The van der Waals surface area contributed by atoms with E-state index in [2.05, 4.69) is 16.8 Å². The molecule has 2 bridgehead atoms. The van der Waals surface area contributed by atoms with E-state index in [0.717, 1.165) is 42.4 Å². The summed E-state index contributed by atoms with van der Waals surface area (Å²) in [4.78, 5) is 31.4. The highest BCUT2D eigenvalue weighted by Crippen LogP contribution is 2.66. The quantitative estimate of drug-likeness (QED) is 0.498. The van der Waals surface area contributed by atoms with Gasteiger partial charge >= 0.3 is 0 Å². The number of carbonyl (C=O) groups excluding carboxylic acids is 2. The van der Waals surface area contributed by atoms with Crippen molar-refractivity contribution in [3.8, 4) is 17.0 Å². The van der Waals surface area contributed by atoms with Crippen molar-refractivity contribution in [2.75, 3.05) is 41.3 Å². The van der Waals surface area contributed by atoms with E-state index in [1.165, 1.54) is 25.5 Å². The number of carbonyl (C=O) groups is 2. The van der Waals surface area contributed by atoms with Crippen molar-refractivity contribution in [2.45, 2.75) is 48.7 Å². The topological polar surface area (TPSA) is 118 Å². The van der Waals surface area contributed by atoms with Crippen LogP contribution in [0.3, 0.4) is 0 Å². The number of hydrogen-bond acceptors (Lipinski definition) is 6. The summed E-state index contributed by atoms with van der Waals surface area (Å²) in [7, 11) is 2.79. The van der Waals surface area contributed by atoms with Crippen LogP contribution in [0.4, 0.5) is 0 Å². The molecule has 4 aliphatic rings. The van der Waals surface area contributed by atoms with Crippen LogP contribution < -0.4 is 10.5 Å². The van der Waals surface area contributed by atoms with Crippen molar-refractivity contribution in [2.24, 2.45) is 11.1 Å². The number of methoxy groups -OCH3 is 1. The molecule has 2 saturated heterocycles. The number of nitrogens with two attached hydrogens (primary N) is 1. The second-order valence-electron chi connectivity index (χ2n) is 12.4. The lowest BCUT2D eigenvalue weighted by molar-refractivity contribution is -0.143. The Hall–Kier alpha value is -3.41. The Kier molecular flexibility index (Phi) is 5.68. The number of likely N-dealkylation sites (N-methyl/N-ethyl adjacent to an activating group) is 1. The largest absolute Gasteiger partial charge is 0.497 e. The van der Waals surface area contributed by atoms with Crippen molar-refractivity contribution in [1.82, 2.24) is 18.7 Å². The minimum atomic E-state index is -3.88. The zero-order chi connectivity index (χ0) is 29.0. The molecule has 3 aromatic rings. The van der Waals surface area contributed by atoms with Gasteiger partial charge in [-0.25, -0.2) is 12.7 Å². The first-order valence-corrected chi connectivity index (χ1v) is 15.5. The Bertz CT molecular complexity index is 1730. The van der Waals surface area contributed by atoms with Gasteiger partial charge in [-0.2, -0.15) is 0 Å². The lowest BCUT2D eigenvalue weighted by Crippen LogP contribution is -2.57. The molecular weight excluding hydrogens is 542 g/mol. The maximum Gasteiger partial charge on any atom is 0.248 e. The number of rotatable bonds is 5. The first-order valence-electron chi connectivity index (χ1n) is 14.1. The second kappa shape index (κ2) is 8.80. The summed E-state index contributed by atoms with van der Waals surface area (Å²) < 4.78 is 36.4. The summed E-state index contributed by atoms with van der Waals surface area (Å²) in [6.45, 7) is 2.11. The number of sulfonamides is 1. The van der Waals surface area contributed by atoms with Crippen LogP contribution in [-0.4, -0.2) is 92.3 Å². The number of benzene rings is 2. The third-order valence-corrected chi connectivity index (χ3v) is 11.6. The lowest BCUT2D eigenvalue weighted by atomic mass is 9.93. The molecule has 3 fully saturated rings. The molecule has 2 aromatic carbocycles. The van der Waals surface area contributed by atoms with Crippen LogP contribution in [0.25, 0.3) is 22.2 Å². The van der Waals surface area contributed by atoms with E-state index in [9.17, 15) is 18.0 Å². The van der Waals surface area contributed by atoms with E-state index < -0.39 is 21.3 Å². The molecule has 11 heteroatoms. The number of fused-ring (bicyclic) bond motifs is 9. The third kappa shape index (κ3) is 3.71. The summed E-state index contributed by atoms with van der Waals surface area (Å²) in [5.41, 5.74) is 8.16. The molecule has 1 aliphatic carbocycles. The summed E-state index contributed by atoms with van der Waals surface area (Å²) in [5.74, 6) is -0.113. The van der Waals surface area contributed by atoms with Gasteiger partial charge in [0.1, 0.15) is 5.75 Å². The Balaban J connectivity index is 1.49. The van der Waals surface area contributed by atoms with E-state index in [4.69, 9.17) is 10.5 Å². The van der Waals surface area contributed by atoms with Gasteiger partial charge in [-0.3, -0.25) is 9.59 Å². The second-order valence-corrected chi connectivity index (χ2v) is 14.5. The van der Waals surface area contributed by atoms with Crippen LogP contribution in [0.2, 0.25) is 0 Å². The van der Waals surface area contributed by atoms with E-state index in [1.807, 2.05) is 22.8 Å². The van der Waals surface area contributed by atoms with Crippen molar-refractivity contribution >= 4 is 32.7 Å². The van der Waals surface area contributed by atoms with Crippen LogP contribution in [0.15, 0.2) is 41.3 Å². The van der Waals surface area contributed by atoms with Gasteiger partial charge < -0.3 is 24.8 Å². The molecule has 3 aliphatic heterocycles. The monoisotopic (exact) mass is 577 g/mol. The van der Waals surface area contributed by atoms with Crippen molar-refractivity contribution in [3.05, 3.63) is 47.5 Å². The Morgan fingerprint density at radius 1 is 1.07 bits per heavy atom. The smallest absolute Gasteiger partial charge is 0.248 e. The van der Waals surface area contributed by atoms with Crippen LogP contribution in [-0.2, 0) is 21.4 Å². The molecule has 0 radical (unpaired) electrons. The van der Waals surface area contributed by atoms with Gasteiger partial charge in [0.15, 0.2) is 0 Å². The van der Waals surface area contributed by atoms with Gasteiger partial charge in [0.05, 0.1) is 23.1 Å². The van der Waals surface area contributed by atoms with Gasteiger partial charge in [0.2, 0.25) is 21.8 Å². The molecule has 216 valence electrons. The summed E-state index contributed by atoms with van der Waals surface area (Å²) >= 11 is 0. The highest BCUT2D eigenvalue weighted by atomic mass is 32.2. The molecule has 10 nitrogen and oxygen atoms in total. The third-order valence-electron chi connectivity index (χ3n) is 9.76. The highest BCUT2D eigenvalue weighted by molar-refractivity contribution is 7.89. The zero-order valence-corrected chi connectivity index (χ0v) is 24.6. The van der Waals surface area contributed by atoms with Gasteiger partial charge in [0.25, 0.3) is 0 Å². The minimum Gasteiger partial charge on any atom is -0.497 e. The lowest BCUT2D eigenvalue weighted by Gasteiger charge is -2.41. The molecular formula is C30H35N5O5S. The van der Waals surface area contributed by atoms with Gasteiger partial charge in [0, 0.05) is 79.8 Å². The molecule has 2 N–H and O–H groups in total. The van der Waals surface area contributed by atoms with Crippen LogP contribution in [0.1, 0.15) is 41.1 Å². The number of ether oxygens (including phenoxy) is 1. The molecule has 2 unspecified atom stereocenters. The molecule has 4 atom stereocenters. The van der Waals surface area contributed by atoms with Crippen molar-refractivity contribution in [1.29, 1.82) is 0 Å². The SMILES string of the molecule is COc1cc2c(c(S(=O)(=O)N(C)C)c1)-c1cc3ccc(C(N)=O)cc3n1CC1(C(=O)N3[C@@H]4CC[C@H]3CN(C)C4)CC21. The highest BCUT2D eigenvalue weighted by Gasteiger charge is 2.65. The zero-order valence-electron chi connectivity index (χ0n) is 23.8. The first kappa shape index (κ1) is 26.5. The fourth-order valence-corrected chi connectivity index (χ4v) is 8.78. The van der Waals surface area contributed by atoms with Gasteiger partial charge in [-0.1, -0.05) is 6.07 Å². The van der Waals surface area contributed by atoms with Crippen molar-refractivity contribution < 1.29 is 22.7 Å². The molecule has 0 spiro atoms. The number of aromatic nitrogens is 1. The van der Waals surface area contributed by atoms with Gasteiger partial charge in [-0.05, 0) is 56.1 Å². The van der Waals surface area contributed by atoms with E-state index in [1.54, 1.807) is 18.2 Å². The van der Waals surface area contributed by atoms with Crippen LogP contribution in [0, 0.1) is 5.41 Å². The molecule has 2 amide bonds. The number of amides is 2. The van der Waals surface area contributed by atoms with E-state index >= 15 is 0 Å².